The molecule has 1 heterocycles. The lowest BCUT2D eigenvalue weighted by Gasteiger charge is -2.09. The molecule has 0 aliphatic rings. The second kappa shape index (κ2) is 6.53. The molecule has 112 valence electrons. The normalized spacial score (nSPS) is 11.1. The lowest BCUT2D eigenvalue weighted by Crippen LogP contribution is -2.14. The van der Waals surface area contributed by atoms with E-state index in [1.807, 2.05) is 6.92 Å². The molecule has 0 amide bonds. The summed E-state index contributed by atoms with van der Waals surface area (Å²) in [5.41, 5.74) is 0.176. The molecule has 1 aromatic heterocycles. The van der Waals surface area contributed by atoms with Gasteiger partial charge in [-0.15, -0.1) is 0 Å². The van der Waals surface area contributed by atoms with Gasteiger partial charge in [0.25, 0.3) is 10.0 Å². The van der Waals surface area contributed by atoms with Crippen LogP contribution < -0.4 is 10.0 Å². The maximum atomic E-state index is 13.1. The van der Waals surface area contributed by atoms with E-state index in [4.69, 9.17) is 0 Å². The van der Waals surface area contributed by atoms with Crippen LogP contribution in [0.3, 0.4) is 0 Å². The van der Waals surface area contributed by atoms with Gasteiger partial charge in [-0.3, -0.25) is 4.72 Å². The number of hydrogen-bond acceptors (Lipinski definition) is 4. The van der Waals surface area contributed by atoms with Crippen LogP contribution in [0, 0.1) is 5.82 Å². The molecule has 5 nitrogen and oxygen atoms in total. The average molecular weight is 309 g/mol. The summed E-state index contributed by atoms with van der Waals surface area (Å²) in [5, 5.41) is 3.02. The third-order valence-electron chi connectivity index (χ3n) is 2.67. The number of nitrogens with one attached hydrogen (secondary N) is 2. The fraction of sp³-hybridized carbons (Fsp3) is 0.214. The predicted octanol–water partition coefficient (Wildman–Crippen LogP) is 2.84. The van der Waals surface area contributed by atoms with Crippen molar-refractivity contribution in [3.63, 3.8) is 0 Å². The van der Waals surface area contributed by atoms with Gasteiger partial charge in [0.1, 0.15) is 11.6 Å². The van der Waals surface area contributed by atoms with E-state index in [9.17, 15) is 12.8 Å². The van der Waals surface area contributed by atoms with E-state index < -0.39 is 15.8 Å². The van der Waals surface area contributed by atoms with Crippen LogP contribution >= 0.6 is 0 Å². The van der Waals surface area contributed by atoms with Crippen molar-refractivity contribution in [3.8, 4) is 0 Å². The van der Waals surface area contributed by atoms with Crippen LogP contribution in [0.2, 0.25) is 0 Å². The third kappa shape index (κ3) is 4.16. The summed E-state index contributed by atoms with van der Waals surface area (Å²) in [6, 6.07) is 8.12. The molecule has 0 saturated heterocycles. The first kappa shape index (κ1) is 15.2. The second-order valence-electron chi connectivity index (χ2n) is 4.42. The Balaban J connectivity index is 2.23. The zero-order chi connectivity index (χ0) is 15.3. The van der Waals surface area contributed by atoms with Gasteiger partial charge in [0.2, 0.25) is 0 Å². The zero-order valence-electron chi connectivity index (χ0n) is 11.5. The highest BCUT2D eigenvalue weighted by atomic mass is 32.2. The van der Waals surface area contributed by atoms with Crippen molar-refractivity contribution in [1.29, 1.82) is 0 Å². The Bertz CT molecular complexity index is 720. The molecule has 2 aromatic rings. The number of hydrogen-bond donors (Lipinski definition) is 2. The van der Waals surface area contributed by atoms with Crippen molar-refractivity contribution in [1.82, 2.24) is 4.98 Å². The van der Waals surface area contributed by atoms with Crippen molar-refractivity contribution in [2.75, 3.05) is 16.6 Å². The van der Waals surface area contributed by atoms with Crippen molar-refractivity contribution < 1.29 is 12.8 Å². The minimum absolute atomic E-state index is 0.0698. The van der Waals surface area contributed by atoms with Gasteiger partial charge < -0.3 is 5.32 Å². The van der Waals surface area contributed by atoms with Crippen LogP contribution in [-0.4, -0.2) is 19.9 Å². The molecule has 2 rings (SSSR count). The Labute approximate surface area is 123 Å². The average Bonchev–Trinajstić information content (AvgIpc) is 2.45. The van der Waals surface area contributed by atoms with Gasteiger partial charge in [0, 0.05) is 18.8 Å². The number of sulfonamides is 1. The van der Waals surface area contributed by atoms with Crippen molar-refractivity contribution >= 4 is 21.5 Å². The van der Waals surface area contributed by atoms with Crippen LogP contribution in [0.15, 0.2) is 47.5 Å². The summed E-state index contributed by atoms with van der Waals surface area (Å²) in [6.07, 6.45) is 2.32. The molecular formula is C14H16FN3O2S. The highest BCUT2D eigenvalue weighted by Gasteiger charge is 2.15. The topological polar surface area (TPSA) is 71.1 Å². The third-order valence-corrected chi connectivity index (χ3v) is 4.05. The summed E-state index contributed by atoms with van der Waals surface area (Å²) in [4.78, 5) is 4.12. The number of halogens is 1. The minimum atomic E-state index is -3.77. The molecule has 0 aliphatic heterocycles. The zero-order valence-corrected chi connectivity index (χ0v) is 12.3. The molecule has 0 atom stereocenters. The van der Waals surface area contributed by atoms with Crippen LogP contribution in [0.4, 0.5) is 15.9 Å². The number of benzene rings is 1. The number of nitrogens with zero attached hydrogens (tertiary/aromatic N) is 1. The molecule has 7 heteroatoms. The highest BCUT2D eigenvalue weighted by Crippen LogP contribution is 2.18. The Hall–Kier alpha value is -2.15. The Morgan fingerprint density at radius 1 is 1.24 bits per heavy atom. The first-order chi connectivity index (χ1) is 10.0. The van der Waals surface area contributed by atoms with Gasteiger partial charge >= 0.3 is 0 Å². The number of anilines is 2. The maximum absolute atomic E-state index is 13.1. The maximum Gasteiger partial charge on any atom is 0.262 e. The molecule has 2 N–H and O–H groups in total. The number of pyridine rings is 1. The predicted molar refractivity (Wildman–Crippen MR) is 80.2 cm³/mol. The van der Waals surface area contributed by atoms with Gasteiger partial charge in [-0.25, -0.2) is 17.8 Å². The fourth-order valence-electron chi connectivity index (χ4n) is 1.69. The highest BCUT2D eigenvalue weighted by molar-refractivity contribution is 7.92. The van der Waals surface area contributed by atoms with Crippen LogP contribution in [-0.2, 0) is 10.0 Å². The molecular weight excluding hydrogens is 293 g/mol. The Kier molecular flexibility index (Phi) is 4.74. The van der Waals surface area contributed by atoms with Gasteiger partial charge in [0.15, 0.2) is 0 Å². The monoisotopic (exact) mass is 309 g/mol. The molecule has 21 heavy (non-hydrogen) atoms. The first-order valence-corrected chi connectivity index (χ1v) is 7.98. The summed E-state index contributed by atoms with van der Waals surface area (Å²) in [5.74, 6) is -0.0193. The second-order valence-corrected chi connectivity index (χ2v) is 6.10. The quantitative estimate of drug-likeness (QED) is 0.861. The largest absolute Gasteiger partial charge is 0.370 e. The van der Waals surface area contributed by atoms with Crippen LogP contribution in [0.25, 0.3) is 0 Å². The fourth-order valence-corrected chi connectivity index (χ4v) is 2.76. The smallest absolute Gasteiger partial charge is 0.262 e. The Morgan fingerprint density at radius 2 is 2.05 bits per heavy atom. The summed E-state index contributed by atoms with van der Waals surface area (Å²) < 4.78 is 39.9. The van der Waals surface area contributed by atoms with E-state index in [0.717, 1.165) is 12.5 Å². The number of aromatic nitrogens is 1. The molecule has 0 bridgehead atoms. The summed E-state index contributed by atoms with van der Waals surface area (Å²) in [6.45, 7) is 2.70. The van der Waals surface area contributed by atoms with E-state index in [0.29, 0.717) is 12.4 Å². The van der Waals surface area contributed by atoms with E-state index >= 15 is 0 Å². The molecule has 0 aliphatic carbocycles. The summed E-state index contributed by atoms with van der Waals surface area (Å²) >= 11 is 0. The SMILES string of the molecule is CCCNc1cc(S(=O)(=O)Nc2cccc(F)c2)ccn1. The van der Waals surface area contributed by atoms with Gasteiger partial charge in [-0.1, -0.05) is 13.0 Å². The van der Waals surface area contributed by atoms with Crippen molar-refractivity contribution in [2.24, 2.45) is 0 Å². The van der Waals surface area contributed by atoms with Gasteiger partial charge in [-0.2, -0.15) is 0 Å². The van der Waals surface area contributed by atoms with Gasteiger partial charge in [-0.05, 0) is 30.7 Å². The van der Waals surface area contributed by atoms with Crippen LogP contribution in [0.1, 0.15) is 13.3 Å². The molecule has 0 saturated carbocycles. The van der Waals surface area contributed by atoms with E-state index in [-0.39, 0.29) is 10.6 Å². The van der Waals surface area contributed by atoms with E-state index in [2.05, 4.69) is 15.0 Å². The lowest BCUT2D eigenvalue weighted by molar-refractivity contribution is 0.601. The van der Waals surface area contributed by atoms with Gasteiger partial charge in [0.05, 0.1) is 10.6 Å². The van der Waals surface area contributed by atoms with E-state index in [1.54, 1.807) is 0 Å². The molecule has 0 spiro atoms. The molecule has 0 unspecified atom stereocenters. The standard InChI is InChI=1S/C14H16FN3O2S/c1-2-7-16-14-10-13(6-8-17-14)21(19,20)18-12-5-3-4-11(15)9-12/h3-6,8-10,18H,2,7H2,1H3,(H,16,17). The molecule has 1 aromatic carbocycles. The lowest BCUT2D eigenvalue weighted by atomic mass is 10.3. The van der Waals surface area contributed by atoms with Crippen molar-refractivity contribution in [3.05, 3.63) is 48.4 Å². The van der Waals surface area contributed by atoms with E-state index in [1.165, 1.54) is 36.5 Å². The molecule has 0 fully saturated rings. The molecule has 0 radical (unpaired) electrons. The summed E-state index contributed by atoms with van der Waals surface area (Å²) in [7, 11) is -3.77. The Morgan fingerprint density at radius 3 is 2.76 bits per heavy atom. The van der Waals surface area contributed by atoms with Crippen LogP contribution in [0.5, 0.6) is 0 Å². The first-order valence-electron chi connectivity index (χ1n) is 6.49. The van der Waals surface area contributed by atoms with Crippen molar-refractivity contribution in [2.45, 2.75) is 18.2 Å². The minimum Gasteiger partial charge on any atom is -0.370 e. The number of rotatable bonds is 6.